The van der Waals surface area contributed by atoms with Gasteiger partial charge < -0.3 is 10.1 Å². The molecule has 1 aromatic carbocycles. The fourth-order valence-corrected chi connectivity index (χ4v) is 1.47. The number of carbonyl (C=O) groups excluding carboxylic acids is 1. The van der Waals surface area contributed by atoms with Crippen molar-refractivity contribution in [3.8, 4) is 0 Å². The molecule has 0 aliphatic heterocycles. The first-order valence-electron chi connectivity index (χ1n) is 4.76. The van der Waals surface area contributed by atoms with Gasteiger partial charge >= 0.3 is 5.97 Å². The number of aryl methyl sites for hydroxylation is 1. The van der Waals surface area contributed by atoms with E-state index < -0.39 is 4.83 Å². The lowest BCUT2D eigenvalue weighted by Gasteiger charge is -2.10. The van der Waals surface area contributed by atoms with Crippen molar-refractivity contribution in [3.63, 3.8) is 0 Å². The second kappa shape index (κ2) is 5.84. The number of anilines is 1. The summed E-state index contributed by atoms with van der Waals surface area (Å²) in [4.78, 5) is 10.6. The Kier molecular flexibility index (Phi) is 4.73. The third-order valence-electron chi connectivity index (χ3n) is 2.11. The number of nitrogens with one attached hydrogen (secondary N) is 1. The highest BCUT2D eigenvalue weighted by molar-refractivity contribution is 9.10. The molecule has 0 aromatic heterocycles. The van der Waals surface area contributed by atoms with Gasteiger partial charge in [0.2, 0.25) is 0 Å². The zero-order valence-electron chi connectivity index (χ0n) is 9.09. The van der Waals surface area contributed by atoms with E-state index in [9.17, 15) is 9.18 Å². The third kappa shape index (κ3) is 3.48. The van der Waals surface area contributed by atoms with E-state index in [4.69, 9.17) is 0 Å². The van der Waals surface area contributed by atoms with Gasteiger partial charge in [-0.05, 0) is 24.6 Å². The summed E-state index contributed by atoms with van der Waals surface area (Å²) in [5.41, 5.74) is 1.23. The highest BCUT2D eigenvalue weighted by Gasteiger charge is 2.14. The Bertz CT molecular complexity index is 384. The lowest BCUT2D eigenvalue weighted by atomic mass is 10.2. The molecular weight excluding hydrogens is 277 g/mol. The minimum atomic E-state index is -0.443. The molecule has 1 N–H and O–H groups in total. The normalized spacial score (nSPS) is 12.0. The van der Waals surface area contributed by atoms with Gasteiger partial charge in [-0.1, -0.05) is 22.0 Å². The minimum Gasteiger partial charge on any atom is -0.468 e. The molecular formula is C11H13BrFNO2. The fraction of sp³-hybridized carbons (Fsp3) is 0.364. The van der Waals surface area contributed by atoms with Crippen LogP contribution in [0, 0.1) is 12.7 Å². The maximum atomic E-state index is 13.2. The van der Waals surface area contributed by atoms with Gasteiger partial charge in [0.25, 0.3) is 0 Å². The van der Waals surface area contributed by atoms with E-state index in [1.165, 1.54) is 13.2 Å². The number of esters is 1. The molecule has 0 aliphatic carbocycles. The van der Waals surface area contributed by atoms with Crippen molar-refractivity contribution in [1.29, 1.82) is 0 Å². The molecule has 3 nitrogen and oxygen atoms in total. The standard InChI is InChI=1S/C11H13BrFNO2/c1-7-3-4-8(5-10(7)13)14-6-9(12)11(15)16-2/h3-5,9,14H,6H2,1-2H3. The van der Waals surface area contributed by atoms with Crippen LogP contribution in [0.25, 0.3) is 0 Å². The SMILES string of the molecule is COC(=O)C(Br)CNc1ccc(C)c(F)c1. The number of carbonyl (C=O) groups is 1. The molecule has 0 heterocycles. The van der Waals surface area contributed by atoms with Crippen molar-refractivity contribution in [1.82, 2.24) is 0 Å². The van der Waals surface area contributed by atoms with E-state index in [1.807, 2.05) is 0 Å². The van der Waals surface area contributed by atoms with Crippen LogP contribution in [0.5, 0.6) is 0 Å². The summed E-state index contributed by atoms with van der Waals surface area (Å²) < 4.78 is 17.7. The van der Waals surface area contributed by atoms with Crippen LogP contribution < -0.4 is 5.32 Å². The Morgan fingerprint density at radius 2 is 2.31 bits per heavy atom. The number of hydrogen-bond acceptors (Lipinski definition) is 3. The van der Waals surface area contributed by atoms with Crippen LogP contribution in [-0.4, -0.2) is 24.5 Å². The molecule has 16 heavy (non-hydrogen) atoms. The minimum absolute atomic E-state index is 0.269. The van der Waals surface area contributed by atoms with Gasteiger partial charge in [-0.15, -0.1) is 0 Å². The summed E-state index contributed by atoms with van der Waals surface area (Å²) in [6.07, 6.45) is 0. The fourth-order valence-electron chi connectivity index (χ4n) is 1.12. The summed E-state index contributed by atoms with van der Waals surface area (Å²) in [5, 5.41) is 2.94. The molecule has 1 unspecified atom stereocenters. The first-order valence-corrected chi connectivity index (χ1v) is 5.68. The lowest BCUT2D eigenvalue weighted by Crippen LogP contribution is -2.24. The van der Waals surface area contributed by atoms with Crippen LogP contribution in [0.15, 0.2) is 18.2 Å². The number of rotatable bonds is 4. The van der Waals surface area contributed by atoms with Crippen molar-refractivity contribution in [3.05, 3.63) is 29.6 Å². The Hall–Kier alpha value is -1.10. The molecule has 0 radical (unpaired) electrons. The highest BCUT2D eigenvalue weighted by Crippen LogP contribution is 2.14. The maximum Gasteiger partial charge on any atom is 0.321 e. The van der Waals surface area contributed by atoms with Gasteiger partial charge in [0.15, 0.2) is 0 Å². The number of halogens is 2. The first-order chi connectivity index (χ1) is 7.54. The van der Waals surface area contributed by atoms with Gasteiger partial charge in [0.05, 0.1) is 7.11 Å². The highest BCUT2D eigenvalue weighted by atomic mass is 79.9. The third-order valence-corrected chi connectivity index (χ3v) is 2.81. The Morgan fingerprint density at radius 3 is 2.88 bits per heavy atom. The summed E-state index contributed by atoms with van der Waals surface area (Å²) in [6, 6.07) is 4.83. The molecule has 0 saturated heterocycles. The van der Waals surface area contributed by atoms with Gasteiger partial charge in [0.1, 0.15) is 10.6 Å². The van der Waals surface area contributed by atoms with E-state index in [-0.39, 0.29) is 11.8 Å². The number of alkyl halides is 1. The molecule has 1 atom stereocenters. The second-order valence-electron chi connectivity index (χ2n) is 3.34. The molecule has 0 amide bonds. The van der Waals surface area contributed by atoms with Crippen LogP contribution in [-0.2, 0) is 9.53 Å². The summed E-state index contributed by atoms with van der Waals surface area (Å²) >= 11 is 3.16. The average molecular weight is 290 g/mol. The molecule has 0 saturated carbocycles. The molecule has 1 rings (SSSR count). The quantitative estimate of drug-likeness (QED) is 0.684. The molecule has 1 aromatic rings. The zero-order valence-corrected chi connectivity index (χ0v) is 10.7. The number of hydrogen-bond donors (Lipinski definition) is 1. The molecule has 5 heteroatoms. The number of benzene rings is 1. The van der Waals surface area contributed by atoms with E-state index in [0.29, 0.717) is 17.8 Å². The van der Waals surface area contributed by atoms with Crippen molar-refractivity contribution in [2.75, 3.05) is 19.0 Å². The van der Waals surface area contributed by atoms with Crippen LogP contribution in [0.3, 0.4) is 0 Å². The molecule has 88 valence electrons. The average Bonchev–Trinajstić information content (AvgIpc) is 2.29. The molecule has 0 aliphatic rings. The molecule has 0 spiro atoms. The monoisotopic (exact) mass is 289 g/mol. The van der Waals surface area contributed by atoms with Crippen molar-refractivity contribution in [2.24, 2.45) is 0 Å². The topological polar surface area (TPSA) is 38.3 Å². The van der Waals surface area contributed by atoms with E-state index in [2.05, 4.69) is 26.0 Å². The lowest BCUT2D eigenvalue weighted by molar-refractivity contribution is -0.139. The smallest absolute Gasteiger partial charge is 0.321 e. The Balaban J connectivity index is 2.55. The van der Waals surface area contributed by atoms with E-state index in [0.717, 1.165) is 0 Å². The summed E-state index contributed by atoms with van der Waals surface area (Å²) in [7, 11) is 1.32. The van der Waals surface area contributed by atoms with Crippen LogP contribution >= 0.6 is 15.9 Å². The summed E-state index contributed by atoms with van der Waals surface area (Å²) in [6.45, 7) is 2.04. The molecule has 0 fully saturated rings. The van der Waals surface area contributed by atoms with E-state index in [1.54, 1.807) is 19.1 Å². The van der Waals surface area contributed by atoms with E-state index >= 15 is 0 Å². The van der Waals surface area contributed by atoms with Crippen molar-refractivity contribution in [2.45, 2.75) is 11.8 Å². The first kappa shape index (κ1) is 13.0. The summed E-state index contributed by atoms with van der Waals surface area (Å²) in [5.74, 6) is -0.630. The largest absolute Gasteiger partial charge is 0.468 e. The van der Waals surface area contributed by atoms with Gasteiger partial charge in [-0.2, -0.15) is 0 Å². The number of methoxy groups -OCH3 is 1. The van der Waals surface area contributed by atoms with Gasteiger partial charge in [-0.3, -0.25) is 4.79 Å². The number of ether oxygens (including phenoxy) is 1. The Labute approximate surface area is 102 Å². The zero-order chi connectivity index (χ0) is 12.1. The predicted molar refractivity (Wildman–Crippen MR) is 64.4 cm³/mol. The second-order valence-corrected chi connectivity index (χ2v) is 4.44. The maximum absolute atomic E-state index is 13.2. The van der Waals surface area contributed by atoms with Crippen LogP contribution in [0.2, 0.25) is 0 Å². The predicted octanol–water partition coefficient (Wildman–Crippen LogP) is 2.48. The van der Waals surface area contributed by atoms with Crippen molar-refractivity contribution >= 4 is 27.6 Å². The van der Waals surface area contributed by atoms with Gasteiger partial charge in [0, 0.05) is 12.2 Å². The Morgan fingerprint density at radius 1 is 1.62 bits per heavy atom. The molecule has 0 bridgehead atoms. The van der Waals surface area contributed by atoms with Crippen molar-refractivity contribution < 1.29 is 13.9 Å². The van der Waals surface area contributed by atoms with Gasteiger partial charge in [-0.25, -0.2) is 4.39 Å². The van der Waals surface area contributed by atoms with Crippen LogP contribution in [0.1, 0.15) is 5.56 Å². The van der Waals surface area contributed by atoms with Crippen LogP contribution in [0.4, 0.5) is 10.1 Å².